The fourth-order valence-electron chi connectivity index (χ4n) is 2.87. The molecule has 0 amide bonds. The lowest BCUT2D eigenvalue weighted by molar-refractivity contribution is -0.141. The minimum absolute atomic E-state index is 0.0313. The molecule has 1 aromatic heterocycles. The minimum Gasteiger partial charge on any atom is -0.462 e. The zero-order valence-electron chi connectivity index (χ0n) is 13.4. The van der Waals surface area contributed by atoms with Crippen molar-refractivity contribution in [3.63, 3.8) is 0 Å². The first kappa shape index (κ1) is 17.2. The van der Waals surface area contributed by atoms with Gasteiger partial charge in [-0.2, -0.15) is 13.2 Å². The van der Waals surface area contributed by atoms with Crippen LogP contribution >= 0.6 is 0 Å². The van der Waals surface area contributed by atoms with Crippen molar-refractivity contribution in [3.8, 4) is 0 Å². The Kier molecular flexibility index (Phi) is 4.61. The van der Waals surface area contributed by atoms with Crippen LogP contribution in [0.1, 0.15) is 34.1 Å². The molecule has 1 aliphatic rings. The van der Waals surface area contributed by atoms with Crippen molar-refractivity contribution in [1.29, 1.82) is 0 Å². The van der Waals surface area contributed by atoms with Crippen molar-refractivity contribution in [1.82, 2.24) is 9.97 Å². The van der Waals surface area contributed by atoms with E-state index in [1.54, 1.807) is 0 Å². The van der Waals surface area contributed by atoms with Crippen LogP contribution in [-0.4, -0.2) is 28.6 Å². The van der Waals surface area contributed by atoms with Crippen molar-refractivity contribution in [2.24, 2.45) is 0 Å². The number of carbonyl (C=O) groups is 1. The predicted octanol–water partition coefficient (Wildman–Crippen LogP) is 3.25. The van der Waals surface area contributed by atoms with Crippen LogP contribution < -0.4 is 5.32 Å². The third kappa shape index (κ3) is 3.72. The summed E-state index contributed by atoms with van der Waals surface area (Å²) in [6, 6.07) is 7.74. The molecule has 1 aliphatic carbocycles. The van der Waals surface area contributed by atoms with Gasteiger partial charge in [0.25, 0.3) is 0 Å². The van der Waals surface area contributed by atoms with E-state index in [-0.39, 0.29) is 18.6 Å². The monoisotopic (exact) mass is 351 g/mol. The quantitative estimate of drug-likeness (QED) is 0.857. The summed E-state index contributed by atoms with van der Waals surface area (Å²) in [7, 11) is 0. The third-order valence-electron chi connectivity index (χ3n) is 3.94. The van der Waals surface area contributed by atoms with Crippen LogP contribution in [0.25, 0.3) is 0 Å². The number of hydrogen-bond donors (Lipinski definition) is 1. The normalized spacial score (nSPS) is 14.2. The molecule has 0 aliphatic heterocycles. The van der Waals surface area contributed by atoms with Gasteiger partial charge in [0, 0.05) is 12.2 Å². The molecule has 0 radical (unpaired) electrons. The van der Waals surface area contributed by atoms with Gasteiger partial charge in [0.1, 0.15) is 5.56 Å². The van der Waals surface area contributed by atoms with Crippen molar-refractivity contribution < 1.29 is 22.7 Å². The molecule has 0 atom stereocenters. The molecule has 0 bridgehead atoms. The summed E-state index contributed by atoms with van der Waals surface area (Å²) in [6.45, 7) is 1.48. The van der Waals surface area contributed by atoms with Crippen LogP contribution in [0.5, 0.6) is 0 Å². The van der Waals surface area contributed by atoms with Crippen molar-refractivity contribution in [2.45, 2.75) is 32.0 Å². The van der Waals surface area contributed by atoms with Crippen LogP contribution in [0.3, 0.4) is 0 Å². The summed E-state index contributed by atoms with van der Waals surface area (Å²) in [6.07, 6.45) is -2.56. The molecule has 5 nitrogen and oxygen atoms in total. The van der Waals surface area contributed by atoms with Gasteiger partial charge in [-0.25, -0.2) is 14.8 Å². The Bertz CT molecular complexity index is 768. The van der Waals surface area contributed by atoms with Crippen LogP contribution in [-0.2, 0) is 23.8 Å². The number of esters is 1. The Morgan fingerprint density at radius 1 is 1.28 bits per heavy atom. The maximum Gasteiger partial charge on any atom is 0.434 e. The summed E-state index contributed by atoms with van der Waals surface area (Å²) in [5, 5.41) is 2.92. The number of fused-ring (bicyclic) bond motifs is 1. The van der Waals surface area contributed by atoms with Gasteiger partial charge in [-0.05, 0) is 30.9 Å². The van der Waals surface area contributed by atoms with Crippen LogP contribution in [0.2, 0.25) is 0 Å². The standard InChI is InChI=1S/C17H16F3N3O2/c1-2-25-15(24)13-9-21-16(23-14(13)17(18,19)20)22-12-7-10-5-3-4-6-11(10)8-12/h3-6,9,12H,2,7-8H2,1H3,(H,21,22,23). The van der Waals surface area contributed by atoms with Crippen molar-refractivity contribution >= 4 is 11.9 Å². The first-order chi connectivity index (χ1) is 11.9. The van der Waals surface area contributed by atoms with Gasteiger partial charge in [0.15, 0.2) is 5.69 Å². The number of anilines is 1. The zero-order chi connectivity index (χ0) is 18.0. The molecule has 0 saturated carbocycles. The van der Waals surface area contributed by atoms with E-state index >= 15 is 0 Å². The Hall–Kier alpha value is -2.64. The maximum absolute atomic E-state index is 13.2. The van der Waals surface area contributed by atoms with Crippen molar-refractivity contribution in [3.05, 3.63) is 52.8 Å². The minimum atomic E-state index is -4.78. The molecule has 0 saturated heterocycles. The highest BCUT2D eigenvalue weighted by Crippen LogP contribution is 2.31. The second-order valence-corrected chi connectivity index (χ2v) is 5.69. The molecular formula is C17H16F3N3O2. The predicted molar refractivity (Wildman–Crippen MR) is 84.3 cm³/mol. The molecule has 1 N–H and O–H groups in total. The first-order valence-electron chi connectivity index (χ1n) is 7.83. The number of alkyl halides is 3. The second-order valence-electron chi connectivity index (χ2n) is 5.69. The number of nitrogens with one attached hydrogen (secondary N) is 1. The summed E-state index contributed by atoms with van der Waals surface area (Å²) in [5.74, 6) is -1.24. The molecule has 0 spiro atoms. The number of halogens is 3. The van der Waals surface area contributed by atoms with Gasteiger partial charge < -0.3 is 10.1 Å². The van der Waals surface area contributed by atoms with E-state index in [1.807, 2.05) is 24.3 Å². The largest absolute Gasteiger partial charge is 0.462 e. The molecule has 1 aromatic carbocycles. The van der Waals surface area contributed by atoms with E-state index < -0.39 is 23.4 Å². The topological polar surface area (TPSA) is 64.1 Å². The fourth-order valence-corrected chi connectivity index (χ4v) is 2.87. The van der Waals surface area contributed by atoms with Gasteiger partial charge >= 0.3 is 12.1 Å². The molecule has 2 aromatic rings. The molecule has 0 fully saturated rings. The van der Waals surface area contributed by atoms with E-state index in [1.165, 1.54) is 6.92 Å². The number of ether oxygens (including phenoxy) is 1. The number of benzene rings is 1. The fraction of sp³-hybridized carbons (Fsp3) is 0.353. The summed E-state index contributed by atoms with van der Waals surface area (Å²) in [4.78, 5) is 19.1. The number of aromatic nitrogens is 2. The SMILES string of the molecule is CCOC(=O)c1cnc(NC2Cc3ccccc3C2)nc1C(F)(F)F. The lowest BCUT2D eigenvalue weighted by Gasteiger charge is -2.15. The maximum atomic E-state index is 13.2. The highest BCUT2D eigenvalue weighted by Gasteiger charge is 2.39. The summed E-state index contributed by atoms with van der Waals surface area (Å²) in [5.41, 5.74) is 0.326. The van der Waals surface area contributed by atoms with Crippen LogP contribution in [0.15, 0.2) is 30.5 Å². The lowest BCUT2D eigenvalue weighted by atomic mass is 10.1. The highest BCUT2D eigenvalue weighted by atomic mass is 19.4. The van der Waals surface area contributed by atoms with E-state index in [0.717, 1.165) is 17.3 Å². The Labute approximate surface area is 142 Å². The second kappa shape index (κ2) is 6.70. The van der Waals surface area contributed by atoms with Gasteiger partial charge in [-0.3, -0.25) is 0 Å². The van der Waals surface area contributed by atoms with Gasteiger partial charge in [0.2, 0.25) is 5.95 Å². The number of hydrogen-bond acceptors (Lipinski definition) is 5. The first-order valence-corrected chi connectivity index (χ1v) is 7.83. The van der Waals surface area contributed by atoms with E-state index in [4.69, 9.17) is 0 Å². The molecule has 8 heteroatoms. The molecule has 0 unspecified atom stereocenters. The smallest absolute Gasteiger partial charge is 0.434 e. The van der Waals surface area contributed by atoms with Crippen molar-refractivity contribution in [2.75, 3.05) is 11.9 Å². The van der Waals surface area contributed by atoms with Gasteiger partial charge in [-0.15, -0.1) is 0 Å². The molecular weight excluding hydrogens is 335 g/mol. The highest BCUT2D eigenvalue weighted by molar-refractivity contribution is 5.90. The number of nitrogens with zero attached hydrogens (tertiary/aromatic N) is 2. The number of carbonyl (C=O) groups excluding carboxylic acids is 1. The Morgan fingerprint density at radius 3 is 2.48 bits per heavy atom. The molecule has 132 valence electrons. The van der Waals surface area contributed by atoms with Crippen LogP contribution in [0, 0.1) is 0 Å². The third-order valence-corrected chi connectivity index (χ3v) is 3.94. The lowest BCUT2D eigenvalue weighted by Crippen LogP contribution is -2.24. The average molecular weight is 351 g/mol. The molecule has 1 heterocycles. The van der Waals surface area contributed by atoms with Gasteiger partial charge in [-0.1, -0.05) is 24.3 Å². The number of rotatable bonds is 4. The summed E-state index contributed by atoms with van der Waals surface area (Å²) >= 11 is 0. The Balaban J connectivity index is 1.83. The van der Waals surface area contributed by atoms with Gasteiger partial charge in [0.05, 0.1) is 6.61 Å². The summed E-state index contributed by atoms with van der Waals surface area (Å²) < 4.78 is 44.3. The van der Waals surface area contributed by atoms with E-state index in [2.05, 4.69) is 20.0 Å². The molecule has 25 heavy (non-hydrogen) atoms. The zero-order valence-corrected chi connectivity index (χ0v) is 13.4. The Morgan fingerprint density at radius 2 is 1.92 bits per heavy atom. The average Bonchev–Trinajstić information content (AvgIpc) is 2.96. The van der Waals surface area contributed by atoms with E-state index in [0.29, 0.717) is 12.8 Å². The molecule has 3 rings (SSSR count). The van der Waals surface area contributed by atoms with E-state index in [9.17, 15) is 18.0 Å². The van der Waals surface area contributed by atoms with Crippen LogP contribution in [0.4, 0.5) is 19.1 Å².